The molecule has 0 saturated carbocycles. The summed E-state index contributed by atoms with van der Waals surface area (Å²) in [7, 11) is 0. The highest BCUT2D eigenvalue weighted by molar-refractivity contribution is 7.80. The lowest BCUT2D eigenvalue weighted by Gasteiger charge is -2.06. The number of nitrogens with zero attached hydrogens (tertiary/aromatic N) is 2. The molecule has 2 aromatic heterocycles. The monoisotopic (exact) mass is 317 g/mol. The lowest BCUT2D eigenvalue weighted by molar-refractivity contribution is 0.628. The normalized spacial score (nSPS) is 10.9. The summed E-state index contributed by atoms with van der Waals surface area (Å²) < 4.78 is 14.4. The average Bonchev–Trinajstić information content (AvgIpc) is 2.88. The van der Waals surface area contributed by atoms with Gasteiger partial charge in [-0.15, -0.1) is 17.9 Å². The summed E-state index contributed by atoms with van der Waals surface area (Å²) >= 11 is 6.49. The van der Waals surface area contributed by atoms with Crippen LogP contribution in [0.25, 0.3) is 21.3 Å². The maximum atomic E-state index is 13.0. The smallest absolute Gasteiger partial charge is 0.264 e. The summed E-state index contributed by atoms with van der Waals surface area (Å²) in [5.74, 6) is -0.312. The largest absolute Gasteiger partial charge is 0.279 e. The van der Waals surface area contributed by atoms with Crippen molar-refractivity contribution >= 4 is 34.2 Å². The van der Waals surface area contributed by atoms with Crippen molar-refractivity contribution in [1.82, 2.24) is 9.55 Å². The zero-order chi connectivity index (χ0) is 15.0. The van der Waals surface area contributed by atoms with Crippen LogP contribution >= 0.6 is 24.0 Å². The number of hydrogen-bond acceptors (Lipinski definition) is 3. The van der Waals surface area contributed by atoms with Gasteiger partial charge in [0.1, 0.15) is 10.6 Å². The maximum absolute atomic E-state index is 13.0. The van der Waals surface area contributed by atoms with Gasteiger partial charge >= 0.3 is 0 Å². The minimum absolute atomic E-state index is 0.189. The molecule has 105 valence electrons. The maximum Gasteiger partial charge on any atom is 0.264 e. The van der Waals surface area contributed by atoms with Gasteiger partial charge in [0.05, 0.1) is 5.39 Å². The van der Waals surface area contributed by atoms with Crippen LogP contribution in [0.5, 0.6) is 0 Å². The SMILES string of the molecule is C=CCn1c([S])nc2scc(-c3ccc(F)cc3)c2c1=O. The van der Waals surface area contributed by atoms with Crippen LogP contribution in [0.15, 0.2) is 52.3 Å². The molecule has 3 rings (SSSR count). The molecule has 0 unspecified atom stereocenters. The first-order valence-electron chi connectivity index (χ1n) is 6.17. The molecular formula is C15H10FN2OS2. The Balaban J connectivity index is 2.30. The van der Waals surface area contributed by atoms with E-state index in [1.807, 2.05) is 5.38 Å². The molecule has 2 heterocycles. The Kier molecular flexibility index (Phi) is 3.57. The van der Waals surface area contributed by atoms with Crippen molar-refractivity contribution in [2.75, 3.05) is 0 Å². The lowest BCUT2D eigenvalue weighted by atomic mass is 10.1. The number of halogens is 1. The summed E-state index contributed by atoms with van der Waals surface area (Å²) in [5.41, 5.74) is 1.34. The second-order valence-corrected chi connectivity index (χ2v) is 5.66. The number of fused-ring (bicyclic) bond motifs is 1. The van der Waals surface area contributed by atoms with Crippen LogP contribution in [0.3, 0.4) is 0 Å². The van der Waals surface area contributed by atoms with Crippen LogP contribution in [0.1, 0.15) is 0 Å². The summed E-state index contributed by atoms with van der Waals surface area (Å²) in [6.45, 7) is 3.94. The Hall–Kier alpha value is -2.05. The number of benzene rings is 1. The van der Waals surface area contributed by atoms with Crippen LogP contribution in [0.2, 0.25) is 0 Å². The van der Waals surface area contributed by atoms with E-state index in [4.69, 9.17) is 12.6 Å². The quantitative estimate of drug-likeness (QED) is 0.540. The molecule has 3 nitrogen and oxygen atoms in total. The molecule has 0 spiro atoms. The zero-order valence-electron chi connectivity index (χ0n) is 10.9. The molecule has 0 bridgehead atoms. The standard InChI is InChI=1S/C15H10FN2OS2/c1-2-7-18-14(19)12-11(8-21-13(12)17-15(18)20)9-3-5-10(16)6-4-9/h2-6,8H,1,7H2. The molecule has 0 saturated heterocycles. The van der Waals surface area contributed by atoms with Gasteiger partial charge in [-0.2, -0.15) is 0 Å². The van der Waals surface area contributed by atoms with Gasteiger partial charge in [-0.1, -0.05) is 18.2 Å². The Bertz CT molecular complexity index is 881. The fraction of sp³-hybridized carbons (Fsp3) is 0.0667. The third-order valence-electron chi connectivity index (χ3n) is 3.13. The second kappa shape index (κ2) is 5.38. The van der Waals surface area contributed by atoms with E-state index in [2.05, 4.69) is 11.6 Å². The first-order valence-corrected chi connectivity index (χ1v) is 7.46. The third-order valence-corrected chi connectivity index (χ3v) is 4.31. The van der Waals surface area contributed by atoms with Crippen molar-refractivity contribution in [2.45, 2.75) is 11.7 Å². The molecule has 0 N–H and O–H groups in total. The predicted molar refractivity (Wildman–Crippen MR) is 85.3 cm³/mol. The fourth-order valence-corrected chi connectivity index (χ4v) is 3.38. The number of rotatable bonds is 3. The van der Waals surface area contributed by atoms with E-state index in [1.165, 1.54) is 28.0 Å². The molecular weight excluding hydrogens is 307 g/mol. The zero-order valence-corrected chi connectivity index (χ0v) is 12.5. The minimum atomic E-state index is -0.312. The highest BCUT2D eigenvalue weighted by Gasteiger charge is 2.15. The van der Waals surface area contributed by atoms with Crippen LogP contribution in [0.4, 0.5) is 4.39 Å². The van der Waals surface area contributed by atoms with E-state index in [0.717, 1.165) is 11.1 Å². The Morgan fingerprint density at radius 3 is 2.76 bits per heavy atom. The van der Waals surface area contributed by atoms with E-state index in [-0.39, 0.29) is 16.5 Å². The molecule has 0 fully saturated rings. The van der Waals surface area contributed by atoms with Gasteiger partial charge in [-0.05, 0) is 30.3 Å². The van der Waals surface area contributed by atoms with E-state index >= 15 is 0 Å². The first kappa shape index (κ1) is 13.9. The lowest BCUT2D eigenvalue weighted by Crippen LogP contribution is -2.21. The molecule has 0 amide bonds. The molecule has 0 aliphatic rings. The van der Waals surface area contributed by atoms with Crippen LogP contribution in [0, 0.1) is 5.82 Å². The number of hydrogen-bond donors (Lipinski definition) is 0. The van der Waals surface area contributed by atoms with Gasteiger partial charge in [-0.3, -0.25) is 9.36 Å². The topological polar surface area (TPSA) is 34.9 Å². The van der Waals surface area contributed by atoms with E-state index in [1.54, 1.807) is 18.2 Å². The first-order chi connectivity index (χ1) is 10.1. The van der Waals surface area contributed by atoms with Crippen molar-refractivity contribution in [3.63, 3.8) is 0 Å². The summed E-state index contributed by atoms with van der Waals surface area (Å²) in [6.07, 6.45) is 1.61. The van der Waals surface area contributed by atoms with Gasteiger partial charge in [0.15, 0.2) is 0 Å². The number of allylic oxidation sites excluding steroid dienone is 1. The van der Waals surface area contributed by atoms with Crippen LogP contribution < -0.4 is 5.56 Å². The molecule has 1 aromatic carbocycles. The number of thiophene rings is 1. The predicted octanol–water partition coefficient (Wildman–Crippen LogP) is 4.01. The van der Waals surface area contributed by atoms with Crippen LogP contribution in [-0.2, 0) is 6.54 Å². The van der Waals surface area contributed by atoms with Crippen molar-refractivity contribution < 1.29 is 4.39 Å². The van der Waals surface area contributed by atoms with Crippen molar-refractivity contribution in [3.8, 4) is 11.1 Å². The van der Waals surface area contributed by atoms with Crippen molar-refractivity contribution in [1.29, 1.82) is 0 Å². The average molecular weight is 317 g/mol. The van der Waals surface area contributed by atoms with Gasteiger partial charge in [0, 0.05) is 17.5 Å². The molecule has 0 aliphatic carbocycles. The van der Waals surface area contributed by atoms with Gasteiger partial charge in [0.2, 0.25) is 5.16 Å². The third kappa shape index (κ3) is 2.36. The second-order valence-electron chi connectivity index (χ2n) is 4.44. The summed E-state index contributed by atoms with van der Waals surface area (Å²) in [5, 5.41) is 2.61. The van der Waals surface area contributed by atoms with E-state index in [0.29, 0.717) is 16.8 Å². The fourth-order valence-electron chi connectivity index (χ4n) is 2.14. The van der Waals surface area contributed by atoms with E-state index in [9.17, 15) is 9.18 Å². The molecule has 1 radical (unpaired) electrons. The molecule has 21 heavy (non-hydrogen) atoms. The Morgan fingerprint density at radius 1 is 1.38 bits per heavy atom. The summed E-state index contributed by atoms with van der Waals surface area (Å²) in [6, 6.07) is 6.04. The molecule has 6 heteroatoms. The molecule has 0 aliphatic heterocycles. The Morgan fingerprint density at radius 2 is 2.10 bits per heavy atom. The van der Waals surface area contributed by atoms with Gasteiger partial charge in [-0.25, -0.2) is 9.37 Å². The van der Waals surface area contributed by atoms with Crippen molar-refractivity contribution in [2.24, 2.45) is 0 Å². The number of aromatic nitrogens is 2. The van der Waals surface area contributed by atoms with E-state index < -0.39 is 0 Å². The minimum Gasteiger partial charge on any atom is -0.279 e. The highest BCUT2D eigenvalue weighted by atomic mass is 32.1. The van der Waals surface area contributed by atoms with Crippen molar-refractivity contribution in [3.05, 3.63) is 58.5 Å². The molecule has 0 atom stereocenters. The molecule has 3 aromatic rings. The highest BCUT2D eigenvalue weighted by Crippen LogP contribution is 2.31. The van der Waals surface area contributed by atoms with Crippen LogP contribution in [-0.4, -0.2) is 9.55 Å². The van der Waals surface area contributed by atoms with Gasteiger partial charge < -0.3 is 0 Å². The Labute approximate surface area is 129 Å². The van der Waals surface area contributed by atoms with Gasteiger partial charge in [0.25, 0.3) is 5.56 Å². The summed E-state index contributed by atoms with van der Waals surface area (Å²) in [4.78, 5) is 17.5.